The fourth-order valence-corrected chi connectivity index (χ4v) is 3.40. The van der Waals surface area contributed by atoms with Gasteiger partial charge in [0.1, 0.15) is 5.75 Å². The van der Waals surface area contributed by atoms with Gasteiger partial charge in [-0.25, -0.2) is 4.98 Å². The first kappa shape index (κ1) is 17.7. The molecule has 2 heterocycles. The quantitative estimate of drug-likeness (QED) is 0.359. The van der Waals surface area contributed by atoms with E-state index in [-0.39, 0.29) is 17.3 Å². The number of amides is 1. The molecule has 0 spiro atoms. The summed E-state index contributed by atoms with van der Waals surface area (Å²) in [6.45, 7) is 1.38. The smallest absolute Gasteiger partial charge is 0.221 e. The van der Waals surface area contributed by atoms with Crippen molar-refractivity contribution >= 4 is 44.8 Å². The van der Waals surface area contributed by atoms with Crippen LogP contribution in [0.1, 0.15) is 6.92 Å². The number of carbonyl (C=O) groups is 1. The normalized spacial score (nSPS) is 11.2. The van der Waals surface area contributed by atoms with Crippen LogP contribution in [-0.2, 0) is 4.79 Å². The number of hydrogen-bond donors (Lipinski definition) is 2. The predicted molar refractivity (Wildman–Crippen MR) is 109 cm³/mol. The number of nitrogens with one attached hydrogen (secondary N) is 1. The Bertz CT molecular complexity index is 1190. The molecule has 0 bridgehead atoms. The molecule has 0 radical (unpaired) electrons. The molecule has 0 aliphatic heterocycles. The van der Waals surface area contributed by atoms with Gasteiger partial charge in [-0.3, -0.25) is 4.79 Å². The Kier molecular flexibility index (Phi) is 4.77. The fraction of sp³-hybridized carbons (Fsp3) is 0.0500. The van der Waals surface area contributed by atoms with Crippen LogP contribution in [0.25, 0.3) is 22.2 Å². The van der Waals surface area contributed by atoms with Gasteiger partial charge in [0.25, 0.3) is 0 Å². The van der Waals surface area contributed by atoms with Gasteiger partial charge in [0.05, 0.1) is 16.8 Å². The number of azo groups is 1. The summed E-state index contributed by atoms with van der Waals surface area (Å²) >= 11 is 1.21. The van der Waals surface area contributed by atoms with Crippen LogP contribution in [0, 0.1) is 0 Å². The number of phenolic OH excluding ortho intramolecular Hbond substituents is 1. The van der Waals surface area contributed by atoms with E-state index in [4.69, 9.17) is 0 Å². The second-order valence-corrected chi connectivity index (χ2v) is 6.75. The number of benzene rings is 2. The minimum Gasteiger partial charge on any atom is -0.505 e. The van der Waals surface area contributed by atoms with Crippen molar-refractivity contribution in [2.45, 2.75) is 6.92 Å². The van der Waals surface area contributed by atoms with E-state index in [1.165, 1.54) is 18.5 Å². The average Bonchev–Trinajstić information content (AvgIpc) is 3.12. The third kappa shape index (κ3) is 3.58. The molecule has 4 rings (SSSR count). The van der Waals surface area contributed by atoms with E-state index in [0.29, 0.717) is 21.9 Å². The number of anilines is 1. The van der Waals surface area contributed by atoms with Crippen LogP contribution in [0.3, 0.4) is 0 Å². The van der Waals surface area contributed by atoms with Gasteiger partial charge < -0.3 is 10.4 Å². The molecule has 0 saturated heterocycles. The molecule has 0 fully saturated rings. The molecule has 138 valence electrons. The lowest BCUT2D eigenvalue weighted by molar-refractivity contribution is -0.114. The first-order valence-corrected chi connectivity index (χ1v) is 9.21. The standard InChI is InChI=1S/C20H15N5O2S/c1-12(26)22-17-11-14(10-16(18(17)27)13-6-3-2-4-7-13)23-24-20-15-8-5-9-21-19(15)25-28-20/h2-11,27H,1H3,(H,22,26)/b24-23+. The lowest BCUT2D eigenvalue weighted by Crippen LogP contribution is -2.06. The maximum absolute atomic E-state index is 11.5. The number of fused-ring (bicyclic) bond motifs is 1. The molecule has 2 aromatic heterocycles. The van der Waals surface area contributed by atoms with Crippen molar-refractivity contribution in [2.24, 2.45) is 10.2 Å². The van der Waals surface area contributed by atoms with Gasteiger partial charge in [0.2, 0.25) is 5.91 Å². The third-order valence-corrected chi connectivity index (χ3v) is 4.72. The maximum atomic E-state index is 11.5. The van der Waals surface area contributed by atoms with E-state index in [1.54, 1.807) is 18.3 Å². The Morgan fingerprint density at radius 3 is 2.71 bits per heavy atom. The summed E-state index contributed by atoms with van der Waals surface area (Å²) in [6.07, 6.45) is 1.68. The van der Waals surface area contributed by atoms with Gasteiger partial charge in [-0.15, -0.1) is 10.2 Å². The molecule has 0 unspecified atom stereocenters. The lowest BCUT2D eigenvalue weighted by atomic mass is 10.0. The highest BCUT2D eigenvalue weighted by molar-refractivity contribution is 7.11. The summed E-state index contributed by atoms with van der Waals surface area (Å²) in [6, 6.07) is 16.4. The SMILES string of the molecule is CC(=O)Nc1cc(/N=N/c2snc3ncccc23)cc(-c2ccccc2)c1O. The van der Waals surface area contributed by atoms with Crippen molar-refractivity contribution in [3.05, 3.63) is 60.8 Å². The molecule has 8 heteroatoms. The molecule has 2 aromatic carbocycles. The molecule has 0 saturated carbocycles. The highest BCUT2D eigenvalue weighted by atomic mass is 32.1. The second kappa shape index (κ2) is 7.53. The van der Waals surface area contributed by atoms with Crippen LogP contribution in [0.5, 0.6) is 5.75 Å². The number of aromatic hydroxyl groups is 1. The number of carbonyl (C=O) groups excluding carboxylic acids is 1. The Morgan fingerprint density at radius 1 is 1.11 bits per heavy atom. The van der Waals surface area contributed by atoms with Crippen molar-refractivity contribution in [3.63, 3.8) is 0 Å². The molecule has 28 heavy (non-hydrogen) atoms. The van der Waals surface area contributed by atoms with Gasteiger partial charge in [0.15, 0.2) is 10.6 Å². The minimum atomic E-state index is -0.289. The summed E-state index contributed by atoms with van der Waals surface area (Å²) < 4.78 is 4.25. The topological polar surface area (TPSA) is 99.8 Å². The minimum absolute atomic E-state index is 0.0206. The van der Waals surface area contributed by atoms with E-state index in [2.05, 4.69) is 24.9 Å². The summed E-state index contributed by atoms with van der Waals surface area (Å²) in [7, 11) is 0. The van der Waals surface area contributed by atoms with Crippen LogP contribution in [0.15, 0.2) is 71.0 Å². The third-order valence-electron chi connectivity index (χ3n) is 3.98. The molecule has 7 nitrogen and oxygen atoms in total. The molecule has 2 N–H and O–H groups in total. The van der Waals surface area contributed by atoms with Crippen molar-refractivity contribution in [1.29, 1.82) is 0 Å². The first-order chi connectivity index (χ1) is 13.6. The van der Waals surface area contributed by atoms with E-state index >= 15 is 0 Å². The zero-order valence-electron chi connectivity index (χ0n) is 14.8. The van der Waals surface area contributed by atoms with Crippen molar-refractivity contribution in [2.75, 3.05) is 5.32 Å². The predicted octanol–water partition coefficient (Wildman–Crippen LogP) is 5.44. The summed E-state index contributed by atoms with van der Waals surface area (Å²) in [5.74, 6) is -0.310. The number of nitrogens with zero attached hydrogens (tertiary/aromatic N) is 4. The Hall–Kier alpha value is -3.65. The van der Waals surface area contributed by atoms with E-state index < -0.39 is 0 Å². The number of rotatable bonds is 4. The van der Waals surface area contributed by atoms with Crippen LogP contribution >= 0.6 is 11.5 Å². The zero-order valence-corrected chi connectivity index (χ0v) is 15.6. The monoisotopic (exact) mass is 389 g/mol. The fourth-order valence-electron chi connectivity index (χ4n) is 2.75. The Balaban J connectivity index is 1.78. The summed E-state index contributed by atoms with van der Waals surface area (Å²) in [5, 5.41) is 23.3. The second-order valence-electron chi connectivity index (χ2n) is 6.00. The largest absolute Gasteiger partial charge is 0.505 e. The van der Waals surface area contributed by atoms with Gasteiger partial charge in [0, 0.05) is 18.7 Å². The highest BCUT2D eigenvalue weighted by Crippen LogP contribution is 2.40. The zero-order chi connectivity index (χ0) is 19.5. The molecule has 4 aromatic rings. The van der Waals surface area contributed by atoms with Crippen LogP contribution in [0.2, 0.25) is 0 Å². The summed E-state index contributed by atoms with van der Waals surface area (Å²) in [5.41, 5.74) is 2.74. The molecule has 0 aliphatic rings. The number of aromatic nitrogens is 2. The maximum Gasteiger partial charge on any atom is 0.221 e. The van der Waals surface area contributed by atoms with Crippen LogP contribution in [0.4, 0.5) is 16.4 Å². The Morgan fingerprint density at radius 2 is 1.93 bits per heavy atom. The highest BCUT2D eigenvalue weighted by Gasteiger charge is 2.13. The van der Waals surface area contributed by atoms with Crippen molar-refractivity contribution in [3.8, 4) is 16.9 Å². The van der Waals surface area contributed by atoms with Crippen molar-refractivity contribution in [1.82, 2.24) is 9.36 Å². The van der Waals surface area contributed by atoms with Gasteiger partial charge in [-0.2, -0.15) is 4.37 Å². The number of hydrogen-bond acceptors (Lipinski definition) is 7. The van der Waals surface area contributed by atoms with Crippen LogP contribution < -0.4 is 5.32 Å². The van der Waals surface area contributed by atoms with E-state index in [0.717, 1.165) is 10.9 Å². The van der Waals surface area contributed by atoms with E-state index in [9.17, 15) is 9.90 Å². The van der Waals surface area contributed by atoms with Crippen LogP contribution in [-0.4, -0.2) is 20.4 Å². The molecular weight excluding hydrogens is 374 g/mol. The number of pyridine rings is 1. The van der Waals surface area contributed by atoms with Crippen molar-refractivity contribution < 1.29 is 9.90 Å². The summed E-state index contributed by atoms with van der Waals surface area (Å²) in [4.78, 5) is 15.7. The Labute approximate surface area is 164 Å². The molecule has 1 amide bonds. The molecule has 0 aliphatic carbocycles. The van der Waals surface area contributed by atoms with Gasteiger partial charge in [-0.05, 0) is 41.4 Å². The average molecular weight is 389 g/mol. The molecular formula is C20H15N5O2S. The number of phenols is 1. The van der Waals surface area contributed by atoms with Gasteiger partial charge in [-0.1, -0.05) is 30.3 Å². The lowest BCUT2D eigenvalue weighted by Gasteiger charge is -2.11. The molecule has 0 atom stereocenters. The van der Waals surface area contributed by atoms with E-state index in [1.807, 2.05) is 42.5 Å². The first-order valence-electron chi connectivity index (χ1n) is 8.44. The van der Waals surface area contributed by atoms with Gasteiger partial charge >= 0.3 is 0 Å².